The van der Waals surface area contributed by atoms with Crippen LogP contribution < -0.4 is 5.32 Å². The zero-order valence-electron chi connectivity index (χ0n) is 12.8. The molecule has 2 aromatic rings. The lowest BCUT2D eigenvalue weighted by Gasteiger charge is -2.19. The molecule has 1 aromatic carbocycles. The van der Waals surface area contributed by atoms with Gasteiger partial charge in [-0.05, 0) is 24.3 Å². The van der Waals surface area contributed by atoms with Crippen molar-refractivity contribution in [3.8, 4) is 0 Å². The minimum Gasteiger partial charge on any atom is -0.373 e. The number of benzene rings is 1. The zero-order valence-corrected chi connectivity index (χ0v) is 15.2. The first-order chi connectivity index (χ1) is 9.88. The van der Waals surface area contributed by atoms with Crippen molar-refractivity contribution in [1.29, 1.82) is 0 Å². The zero-order chi connectivity index (χ0) is 15.5. The minimum absolute atomic E-state index is 0.0194. The fourth-order valence-electron chi connectivity index (χ4n) is 1.75. The fraction of sp³-hybridized carbons (Fsp3) is 0.375. The van der Waals surface area contributed by atoms with Crippen LogP contribution in [0.25, 0.3) is 0 Å². The summed E-state index contributed by atoms with van der Waals surface area (Å²) in [7, 11) is 1.89. The van der Waals surface area contributed by atoms with E-state index < -0.39 is 0 Å². The molecule has 5 heteroatoms. The van der Waals surface area contributed by atoms with Crippen LogP contribution in [0.5, 0.6) is 0 Å². The van der Waals surface area contributed by atoms with Crippen molar-refractivity contribution in [2.24, 2.45) is 0 Å². The molecule has 1 N–H and O–H groups in total. The standard InChI is InChI=1S/C16H20BrN3S/c1-16(2,3)13-9-14(18-4)20-15(19-13)10-21-12-7-5-11(17)6-8-12/h5-9H,10H2,1-4H3,(H,18,19,20). The van der Waals surface area contributed by atoms with Gasteiger partial charge in [0.25, 0.3) is 0 Å². The number of nitrogens with one attached hydrogen (secondary N) is 1. The molecule has 0 aliphatic carbocycles. The number of hydrogen-bond acceptors (Lipinski definition) is 4. The summed E-state index contributed by atoms with van der Waals surface area (Å²) in [6.07, 6.45) is 0. The van der Waals surface area contributed by atoms with Crippen molar-refractivity contribution >= 4 is 33.5 Å². The highest BCUT2D eigenvalue weighted by molar-refractivity contribution is 9.10. The summed E-state index contributed by atoms with van der Waals surface area (Å²) < 4.78 is 1.09. The molecule has 1 heterocycles. The molecule has 21 heavy (non-hydrogen) atoms. The van der Waals surface area contributed by atoms with Gasteiger partial charge >= 0.3 is 0 Å². The molecule has 0 saturated heterocycles. The summed E-state index contributed by atoms with van der Waals surface area (Å²) in [5, 5.41) is 3.12. The predicted octanol–water partition coefficient (Wildman–Crippen LogP) is 4.87. The third-order valence-electron chi connectivity index (χ3n) is 2.98. The number of hydrogen-bond donors (Lipinski definition) is 1. The van der Waals surface area contributed by atoms with Gasteiger partial charge in [0.2, 0.25) is 0 Å². The second-order valence-electron chi connectivity index (χ2n) is 5.80. The largest absolute Gasteiger partial charge is 0.373 e. The van der Waals surface area contributed by atoms with Crippen LogP contribution >= 0.6 is 27.7 Å². The predicted molar refractivity (Wildman–Crippen MR) is 94.0 cm³/mol. The van der Waals surface area contributed by atoms with Gasteiger partial charge in [0, 0.05) is 27.9 Å². The van der Waals surface area contributed by atoms with E-state index in [2.05, 4.69) is 59.1 Å². The molecule has 0 atom stereocenters. The van der Waals surface area contributed by atoms with Gasteiger partial charge in [-0.2, -0.15) is 0 Å². The molecule has 112 valence electrons. The molecular formula is C16H20BrN3S. The lowest BCUT2D eigenvalue weighted by molar-refractivity contribution is 0.564. The van der Waals surface area contributed by atoms with Crippen molar-refractivity contribution < 1.29 is 0 Å². The lowest BCUT2D eigenvalue weighted by Crippen LogP contribution is -2.16. The van der Waals surface area contributed by atoms with E-state index in [-0.39, 0.29) is 5.41 Å². The van der Waals surface area contributed by atoms with Crippen LogP contribution in [0.4, 0.5) is 5.82 Å². The Hall–Kier alpha value is -1.07. The molecule has 0 spiro atoms. The summed E-state index contributed by atoms with van der Waals surface area (Å²) in [4.78, 5) is 10.5. The number of aromatic nitrogens is 2. The maximum Gasteiger partial charge on any atom is 0.141 e. The molecule has 0 aliphatic heterocycles. The first kappa shape index (κ1) is 16.3. The molecule has 3 nitrogen and oxygen atoms in total. The van der Waals surface area contributed by atoms with Gasteiger partial charge in [0.15, 0.2) is 0 Å². The highest BCUT2D eigenvalue weighted by atomic mass is 79.9. The Labute approximate surface area is 139 Å². The average molecular weight is 366 g/mol. The van der Waals surface area contributed by atoms with E-state index in [0.29, 0.717) is 0 Å². The van der Waals surface area contributed by atoms with E-state index in [1.165, 1.54) is 4.90 Å². The van der Waals surface area contributed by atoms with E-state index in [4.69, 9.17) is 4.98 Å². The highest BCUT2D eigenvalue weighted by Gasteiger charge is 2.17. The van der Waals surface area contributed by atoms with Crippen LogP contribution in [0.15, 0.2) is 39.7 Å². The lowest BCUT2D eigenvalue weighted by atomic mass is 9.92. The average Bonchev–Trinajstić information content (AvgIpc) is 2.45. The van der Waals surface area contributed by atoms with Crippen LogP contribution in [-0.2, 0) is 11.2 Å². The molecular weight excluding hydrogens is 346 g/mol. The van der Waals surface area contributed by atoms with E-state index in [9.17, 15) is 0 Å². The first-order valence-electron chi connectivity index (χ1n) is 6.83. The van der Waals surface area contributed by atoms with Gasteiger partial charge in [-0.1, -0.05) is 36.7 Å². The Morgan fingerprint density at radius 3 is 2.38 bits per heavy atom. The molecule has 0 saturated carbocycles. The maximum atomic E-state index is 4.70. The molecule has 1 aromatic heterocycles. The SMILES string of the molecule is CNc1cc(C(C)(C)C)nc(CSc2ccc(Br)cc2)n1. The van der Waals surface area contributed by atoms with Gasteiger partial charge in [0.1, 0.15) is 11.6 Å². The number of nitrogens with zero attached hydrogens (tertiary/aromatic N) is 2. The molecule has 2 rings (SSSR count). The summed E-state index contributed by atoms with van der Waals surface area (Å²) in [5.74, 6) is 2.50. The van der Waals surface area contributed by atoms with Crippen LogP contribution in [0.3, 0.4) is 0 Å². The fourth-order valence-corrected chi connectivity index (χ4v) is 2.77. The van der Waals surface area contributed by atoms with Crippen LogP contribution in [0.1, 0.15) is 32.3 Å². The Balaban J connectivity index is 2.17. The Morgan fingerprint density at radius 1 is 1.14 bits per heavy atom. The van der Waals surface area contributed by atoms with Crippen LogP contribution in [0, 0.1) is 0 Å². The third kappa shape index (κ3) is 4.71. The summed E-state index contributed by atoms with van der Waals surface area (Å²) in [6, 6.07) is 10.3. The van der Waals surface area contributed by atoms with Crippen LogP contribution in [-0.4, -0.2) is 17.0 Å². The quantitative estimate of drug-likeness (QED) is 0.784. The molecule has 0 radical (unpaired) electrons. The summed E-state index contributed by atoms with van der Waals surface area (Å²) in [5.41, 5.74) is 1.08. The Kier molecular flexibility index (Phi) is 5.27. The van der Waals surface area contributed by atoms with E-state index in [0.717, 1.165) is 27.6 Å². The molecule has 0 bridgehead atoms. The molecule has 0 aliphatic rings. The molecule has 0 unspecified atom stereocenters. The Bertz CT molecular complexity index is 606. The second-order valence-corrected chi connectivity index (χ2v) is 7.76. The monoisotopic (exact) mass is 365 g/mol. The smallest absolute Gasteiger partial charge is 0.141 e. The molecule has 0 fully saturated rings. The van der Waals surface area contributed by atoms with Crippen molar-refractivity contribution in [2.75, 3.05) is 12.4 Å². The Morgan fingerprint density at radius 2 is 1.81 bits per heavy atom. The summed E-state index contributed by atoms with van der Waals surface area (Å²) in [6.45, 7) is 6.50. The number of anilines is 1. The maximum absolute atomic E-state index is 4.70. The second kappa shape index (κ2) is 6.79. The van der Waals surface area contributed by atoms with Crippen molar-refractivity contribution in [2.45, 2.75) is 36.8 Å². The third-order valence-corrected chi connectivity index (χ3v) is 4.52. The van der Waals surface area contributed by atoms with Crippen molar-refractivity contribution in [1.82, 2.24) is 9.97 Å². The number of thioether (sulfide) groups is 1. The normalized spacial score (nSPS) is 11.5. The minimum atomic E-state index is 0.0194. The van der Waals surface area contributed by atoms with Gasteiger partial charge in [-0.15, -0.1) is 11.8 Å². The van der Waals surface area contributed by atoms with Crippen LogP contribution in [0.2, 0.25) is 0 Å². The van der Waals surface area contributed by atoms with Crippen molar-refractivity contribution in [3.63, 3.8) is 0 Å². The van der Waals surface area contributed by atoms with Gasteiger partial charge < -0.3 is 5.32 Å². The topological polar surface area (TPSA) is 37.8 Å². The van der Waals surface area contributed by atoms with E-state index in [1.807, 2.05) is 25.2 Å². The van der Waals surface area contributed by atoms with Gasteiger partial charge in [0.05, 0.1) is 11.4 Å². The highest BCUT2D eigenvalue weighted by Crippen LogP contribution is 2.26. The molecule has 0 amide bonds. The van der Waals surface area contributed by atoms with E-state index in [1.54, 1.807) is 11.8 Å². The summed E-state index contributed by atoms with van der Waals surface area (Å²) >= 11 is 5.20. The van der Waals surface area contributed by atoms with Gasteiger partial charge in [-0.3, -0.25) is 0 Å². The number of rotatable bonds is 4. The van der Waals surface area contributed by atoms with Crippen molar-refractivity contribution in [3.05, 3.63) is 46.3 Å². The van der Waals surface area contributed by atoms with Gasteiger partial charge in [-0.25, -0.2) is 9.97 Å². The number of halogens is 1. The first-order valence-corrected chi connectivity index (χ1v) is 8.61. The van der Waals surface area contributed by atoms with E-state index >= 15 is 0 Å².